The van der Waals surface area contributed by atoms with E-state index in [9.17, 15) is 0 Å². The van der Waals surface area contributed by atoms with E-state index in [2.05, 4.69) is 13.0 Å². The minimum absolute atomic E-state index is 0.660. The maximum Gasteiger partial charge on any atom is 0.0718 e. The smallest absolute Gasteiger partial charge is 0.0718 e. The number of hydrogen-bond acceptors (Lipinski definition) is 2. The van der Waals surface area contributed by atoms with E-state index >= 15 is 0 Å². The van der Waals surface area contributed by atoms with Gasteiger partial charge in [0.05, 0.1) is 19.8 Å². The highest BCUT2D eigenvalue weighted by atomic mass is 16.5. The standard InChI is InChI=1S/C14H21O2/c1-2-3-7-10-15-11-12-16-13-14-8-5-4-6-9-14/h5-6,8-9H,2-3,7,10-13H2,1H3. The molecule has 0 aliphatic heterocycles. The van der Waals surface area contributed by atoms with Crippen LogP contribution in [0.2, 0.25) is 0 Å². The van der Waals surface area contributed by atoms with Gasteiger partial charge in [-0.25, -0.2) is 0 Å². The van der Waals surface area contributed by atoms with E-state index in [4.69, 9.17) is 9.47 Å². The Morgan fingerprint density at radius 1 is 1.00 bits per heavy atom. The minimum Gasteiger partial charge on any atom is -0.379 e. The van der Waals surface area contributed by atoms with Crippen LogP contribution in [0.4, 0.5) is 0 Å². The first kappa shape index (κ1) is 13.2. The summed E-state index contributed by atoms with van der Waals surface area (Å²) in [7, 11) is 0. The highest BCUT2D eigenvalue weighted by Gasteiger charge is 1.92. The molecule has 1 rings (SSSR count). The molecule has 0 unspecified atom stereocenters. The molecular weight excluding hydrogens is 200 g/mol. The van der Waals surface area contributed by atoms with Crippen LogP contribution in [0, 0.1) is 6.07 Å². The lowest BCUT2D eigenvalue weighted by Gasteiger charge is -2.05. The zero-order chi connectivity index (χ0) is 11.5. The second-order valence-electron chi connectivity index (χ2n) is 3.78. The SMILES string of the molecule is CCCCCOCCOCc1cc[c]cc1. The van der Waals surface area contributed by atoms with E-state index in [-0.39, 0.29) is 0 Å². The summed E-state index contributed by atoms with van der Waals surface area (Å²) in [4.78, 5) is 0. The van der Waals surface area contributed by atoms with E-state index in [1.165, 1.54) is 18.4 Å². The Balaban J connectivity index is 1.89. The third kappa shape index (κ3) is 6.59. The number of benzene rings is 1. The number of rotatable bonds is 9. The maximum absolute atomic E-state index is 5.49. The van der Waals surface area contributed by atoms with Crippen molar-refractivity contribution in [3.05, 3.63) is 35.9 Å². The first-order chi connectivity index (χ1) is 7.93. The lowest BCUT2D eigenvalue weighted by atomic mass is 10.2. The van der Waals surface area contributed by atoms with Crippen LogP contribution in [0.3, 0.4) is 0 Å². The van der Waals surface area contributed by atoms with Crippen LogP contribution in [-0.4, -0.2) is 19.8 Å². The van der Waals surface area contributed by atoms with E-state index in [0.29, 0.717) is 19.8 Å². The van der Waals surface area contributed by atoms with Crippen LogP contribution < -0.4 is 0 Å². The summed E-state index contributed by atoms with van der Waals surface area (Å²) in [6.07, 6.45) is 3.65. The average Bonchev–Trinajstić information content (AvgIpc) is 2.34. The highest BCUT2D eigenvalue weighted by Crippen LogP contribution is 2.00. The van der Waals surface area contributed by atoms with Crippen molar-refractivity contribution in [3.63, 3.8) is 0 Å². The molecule has 0 aromatic heterocycles. The Morgan fingerprint density at radius 3 is 2.50 bits per heavy atom. The zero-order valence-electron chi connectivity index (χ0n) is 10.1. The molecule has 1 aromatic carbocycles. The minimum atomic E-state index is 0.660. The summed E-state index contributed by atoms with van der Waals surface area (Å²) >= 11 is 0. The van der Waals surface area contributed by atoms with Gasteiger partial charge in [0, 0.05) is 6.61 Å². The first-order valence-corrected chi connectivity index (χ1v) is 6.04. The maximum atomic E-state index is 5.49. The van der Waals surface area contributed by atoms with E-state index in [0.717, 1.165) is 13.0 Å². The quantitative estimate of drug-likeness (QED) is 0.596. The predicted octanol–water partition coefficient (Wildman–Crippen LogP) is 3.21. The van der Waals surface area contributed by atoms with Crippen molar-refractivity contribution in [2.75, 3.05) is 19.8 Å². The second-order valence-corrected chi connectivity index (χ2v) is 3.78. The van der Waals surface area contributed by atoms with Gasteiger partial charge < -0.3 is 9.47 Å². The van der Waals surface area contributed by atoms with Gasteiger partial charge in [-0.3, -0.25) is 0 Å². The highest BCUT2D eigenvalue weighted by molar-refractivity contribution is 5.12. The van der Waals surface area contributed by atoms with Gasteiger partial charge in [0.25, 0.3) is 0 Å². The van der Waals surface area contributed by atoms with Crippen molar-refractivity contribution < 1.29 is 9.47 Å². The summed E-state index contributed by atoms with van der Waals surface area (Å²) in [5.41, 5.74) is 1.18. The Morgan fingerprint density at radius 2 is 1.75 bits per heavy atom. The number of unbranched alkanes of at least 4 members (excludes halogenated alkanes) is 2. The topological polar surface area (TPSA) is 18.5 Å². The van der Waals surface area contributed by atoms with E-state index in [1.807, 2.05) is 24.3 Å². The van der Waals surface area contributed by atoms with Crippen molar-refractivity contribution in [1.82, 2.24) is 0 Å². The van der Waals surface area contributed by atoms with Crippen molar-refractivity contribution in [2.45, 2.75) is 32.8 Å². The summed E-state index contributed by atoms with van der Waals surface area (Å²) in [6.45, 7) is 5.08. The summed E-state index contributed by atoms with van der Waals surface area (Å²) in [5.74, 6) is 0. The molecular formula is C14H21O2. The van der Waals surface area contributed by atoms with Crippen LogP contribution in [0.1, 0.15) is 31.7 Å². The molecule has 16 heavy (non-hydrogen) atoms. The van der Waals surface area contributed by atoms with Crippen LogP contribution in [-0.2, 0) is 16.1 Å². The molecule has 0 aliphatic rings. The number of ether oxygens (including phenoxy) is 2. The fraction of sp³-hybridized carbons (Fsp3) is 0.571. The fourth-order valence-electron chi connectivity index (χ4n) is 1.38. The number of hydrogen-bond donors (Lipinski definition) is 0. The fourth-order valence-corrected chi connectivity index (χ4v) is 1.38. The molecule has 0 saturated heterocycles. The Labute approximate surface area is 98.6 Å². The second kappa shape index (κ2) is 9.37. The molecule has 1 aromatic rings. The van der Waals surface area contributed by atoms with Crippen molar-refractivity contribution in [3.8, 4) is 0 Å². The van der Waals surface area contributed by atoms with Gasteiger partial charge >= 0.3 is 0 Å². The molecule has 0 fully saturated rings. The monoisotopic (exact) mass is 221 g/mol. The predicted molar refractivity (Wildman–Crippen MR) is 65.3 cm³/mol. The van der Waals surface area contributed by atoms with Gasteiger partial charge in [-0.2, -0.15) is 0 Å². The molecule has 0 N–H and O–H groups in total. The van der Waals surface area contributed by atoms with Gasteiger partial charge in [0.2, 0.25) is 0 Å². The van der Waals surface area contributed by atoms with E-state index in [1.54, 1.807) is 0 Å². The van der Waals surface area contributed by atoms with Gasteiger partial charge in [-0.15, -0.1) is 0 Å². The van der Waals surface area contributed by atoms with E-state index < -0.39 is 0 Å². The van der Waals surface area contributed by atoms with Crippen molar-refractivity contribution >= 4 is 0 Å². The molecule has 2 nitrogen and oxygen atoms in total. The molecule has 0 bridgehead atoms. The normalized spacial score (nSPS) is 10.6. The van der Waals surface area contributed by atoms with Gasteiger partial charge in [0.15, 0.2) is 0 Å². The van der Waals surface area contributed by atoms with Crippen molar-refractivity contribution in [2.24, 2.45) is 0 Å². The summed E-state index contributed by atoms with van der Waals surface area (Å²) in [5, 5.41) is 0. The van der Waals surface area contributed by atoms with Crippen LogP contribution >= 0.6 is 0 Å². The Hall–Kier alpha value is -0.860. The van der Waals surface area contributed by atoms with Crippen LogP contribution in [0.25, 0.3) is 0 Å². The van der Waals surface area contributed by atoms with Gasteiger partial charge in [-0.05, 0) is 18.1 Å². The molecule has 0 spiro atoms. The lowest BCUT2D eigenvalue weighted by molar-refractivity contribution is 0.0394. The lowest BCUT2D eigenvalue weighted by Crippen LogP contribution is -2.05. The molecule has 0 amide bonds. The molecule has 0 heterocycles. The Kier molecular flexibility index (Phi) is 7.74. The molecule has 1 radical (unpaired) electrons. The van der Waals surface area contributed by atoms with Crippen LogP contribution in [0.15, 0.2) is 24.3 Å². The van der Waals surface area contributed by atoms with Crippen molar-refractivity contribution in [1.29, 1.82) is 0 Å². The van der Waals surface area contributed by atoms with Gasteiger partial charge in [-0.1, -0.05) is 44.0 Å². The molecule has 0 saturated carbocycles. The molecule has 89 valence electrons. The Bertz CT molecular complexity index is 246. The summed E-state index contributed by atoms with van der Waals surface area (Å²) in [6, 6.07) is 10.8. The third-order valence-corrected chi connectivity index (χ3v) is 2.32. The molecule has 2 heteroatoms. The average molecular weight is 221 g/mol. The zero-order valence-corrected chi connectivity index (χ0v) is 10.1. The summed E-state index contributed by atoms with van der Waals surface area (Å²) < 4.78 is 10.9. The third-order valence-electron chi connectivity index (χ3n) is 2.32. The molecule has 0 atom stereocenters. The largest absolute Gasteiger partial charge is 0.379 e. The first-order valence-electron chi connectivity index (χ1n) is 6.04. The van der Waals surface area contributed by atoms with Gasteiger partial charge in [0.1, 0.15) is 0 Å². The van der Waals surface area contributed by atoms with Crippen LogP contribution in [0.5, 0.6) is 0 Å². The molecule has 0 aliphatic carbocycles.